The first-order valence-corrected chi connectivity index (χ1v) is 4.41. The largest absolute Gasteiger partial charge is 0.317 e. The van der Waals surface area contributed by atoms with Gasteiger partial charge >= 0.3 is 0 Å². The molecular formula is C9H19N. The molecule has 0 aromatic heterocycles. The monoisotopic (exact) mass is 141 g/mol. The highest BCUT2D eigenvalue weighted by molar-refractivity contribution is 4.80. The van der Waals surface area contributed by atoms with Crippen LogP contribution in [0.25, 0.3) is 0 Å². The van der Waals surface area contributed by atoms with Crippen LogP contribution in [0.5, 0.6) is 0 Å². The van der Waals surface area contributed by atoms with E-state index in [4.69, 9.17) is 0 Å². The topological polar surface area (TPSA) is 12.0 Å². The van der Waals surface area contributed by atoms with E-state index in [0.717, 1.165) is 17.9 Å². The van der Waals surface area contributed by atoms with E-state index in [9.17, 15) is 0 Å². The van der Waals surface area contributed by atoms with Crippen LogP contribution in [0.1, 0.15) is 33.1 Å². The summed E-state index contributed by atoms with van der Waals surface area (Å²) in [6, 6.07) is 0.812. The van der Waals surface area contributed by atoms with Gasteiger partial charge in [-0.3, -0.25) is 0 Å². The Hall–Kier alpha value is -0.0400. The Labute approximate surface area is 64.2 Å². The number of rotatable bonds is 2. The summed E-state index contributed by atoms with van der Waals surface area (Å²) in [6.07, 6.45) is 4.22. The first-order valence-electron chi connectivity index (χ1n) is 4.41. The number of nitrogens with one attached hydrogen (secondary N) is 1. The molecule has 0 spiro atoms. The molecule has 1 rings (SSSR count). The van der Waals surface area contributed by atoms with E-state index in [0.29, 0.717) is 0 Å². The summed E-state index contributed by atoms with van der Waals surface area (Å²) < 4.78 is 0. The second-order valence-corrected chi connectivity index (χ2v) is 3.80. The van der Waals surface area contributed by atoms with Crippen LogP contribution >= 0.6 is 0 Å². The quantitative estimate of drug-likeness (QED) is 0.620. The Balaban J connectivity index is 2.28. The molecule has 1 fully saturated rings. The zero-order valence-corrected chi connectivity index (χ0v) is 7.35. The minimum atomic E-state index is 0.812. The van der Waals surface area contributed by atoms with Crippen molar-refractivity contribution >= 4 is 0 Å². The molecule has 10 heavy (non-hydrogen) atoms. The molecule has 0 bridgehead atoms. The van der Waals surface area contributed by atoms with Gasteiger partial charge in [0.15, 0.2) is 0 Å². The molecule has 0 saturated heterocycles. The molecule has 0 heterocycles. The summed E-state index contributed by atoms with van der Waals surface area (Å²) >= 11 is 0. The van der Waals surface area contributed by atoms with Crippen LogP contribution in [0, 0.1) is 11.8 Å². The second kappa shape index (κ2) is 3.38. The maximum absolute atomic E-state index is 3.35. The minimum absolute atomic E-state index is 0.812. The molecule has 1 aliphatic carbocycles. The van der Waals surface area contributed by atoms with Gasteiger partial charge in [-0.2, -0.15) is 0 Å². The molecule has 0 amide bonds. The smallest absolute Gasteiger partial charge is 0.00669 e. The normalized spacial score (nSPS) is 33.6. The highest BCUT2D eigenvalue weighted by atomic mass is 14.9. The van der Waals surface area contributed by atoms with Gasteiger partial charge in [0, 0.05) is 6.04 Å². The Morgan fingerprint density at radius 3 is 2.30 bits per heavy atom. The molecule has 0 unspecified atom stereocenters. The minimum Gasteiger partial charge on any atom is -0.317 e. The third kappa shape index (κ3) is 1.72. The van der Waals surface area contributed by atoms with Crippen molar-refractivity contribution in [3.05, 3.63) is 0 Å². The van der Waals surface area contributed by atoms with Crippen molar-refractivity contribution in [2.45, 2.75) is 39.2 Å². The summed E-state index contributed by atoms with van der Waals surface area (Å²) in [7, 11) is 2.08. The Morgan fingerprint density at radius 1 is 1.30 bits per heavy atom. The van der Waals surface area contributed by atoms with E-state index in [-0.39, 0.29) is 0 Å². The molecule has 1 heteroatoms. The van der Waals surface area contributed by atoms with Gasteiger partial charge in [-0.1, -0.05) is 13.8 Å². The van der Waals surface area contributed by atoms with Crippen LogP contribution in [-0.4, -0.2) is 13.1 Å². The fourth-order valence-electron chi connectivity index (χ4n) is 1.88. The Morgan fingerprint density at radius 2 is 2.00 bits per heavy atom. The molecule has 2 atom stereocenters. The molecule has 0 radical (unpaired) electrons. The molecule has 1 nitrogen and oxygen atoms in total. The maximum atomic E-state index is 3.35. The first-order chi connectivity index (χ1) is 4.74. The third-order valence-corrected chi connectivity index (χ3v) is 2.82. The van der Waals surface area contributed by atoms with Crippen molar-refractivity contribution < 1.29 is 0 Å². The molecule has 1 N–H and O–H groups in total. The molecular weight excluding hydrogens is 122 g/mol. The molecule has 0 aromatic carbocycles. The van der Waals surface area contributed by atoms with E-state index in [1.165, 1.54) is 19.3 Å². The number of hydrogen-bond donors (Lipinski definition) is 1. The summed E-state index contributed by atoms with van der Waals surface area (Å²) in [5.41, 5.74) is 0. The summed E-state index contributed by atoms with van der Waals surface area (Å²) in [6.45, 7) is 4.67. The predicted molar refractivity (Wildman–Crippen MR) is 45.0 cm³/mol. The van der Waals surface area contributed by atoms with Crippen LogP contribution in [0.15, 0.2) is 0 Å². The van der Waals surface area contributed by atoms with Gasteiger partial charge in [0.1, 0.15) is 0 Å². The molecule has 0 aromatic rings. The van der Waals surface area contributed by atoms with Gasteiger partial charge in [-0.25, -0.2) is 0 Å². The lowest BCUT2D eigenvalue weighted by Gasteiger charge is -2.13. The van der Waals surface area contributed by atoms with E-state index in [2.05, 4.69) is 26.2 Å². The van der Waals surface area contributed by atoms with Crippen molar-refractivity contribution in [3.8, 4) is 0 Å². The van der Waals surface area contributed by atoms with Crippen LogP contribution < -0.4 is 5.32 Å². The first kappa shape index (κ1) is 8.06. The summed E-state index contributed by atoms with van der Waals surface area (Å²) in [5.74, 6) is 1.87. The molecule has 60 valence electrons. The van der Waals surface area contributed by atoms with Gasteiger partial charge in [-0.05, 0) is 38.1 Å². The molecule has 0 aliphatic heterocycles. The lowest BCUT2D eigenvalue weighted by Crippen LogP contribution is -2.21. The Kier molecular flexibility index (Phi) is 2.72. The Bertz CT molecular complexity index is 98.9. The lowest BCUT2D eigenvalue weighted by molar-refractivity contribution is 0.385. The van der Waals surface area contributed by atoms with Crippen LogP contribution in [-0.2, 0) is 0 Å². The highest BCUT2D eigenvalue weighted by Crippen LogP contribution is 2.30. The predicted octanol–water partition coefficient (Wildman–Crippen LogP) is 2.03. The zero-order valence-electron chi connectivity index (χ0n) is 7.35. The van der Waals surface area contributed by atoms with Gasteiger partial charge in [0.25, 0.3) is 0 Å². The zero-order chi connectivity index (χ0) is 7.56. The maximum Gasteiger partial charge on any atom is 0.00669 e. The fraction of sp³-hybridized carbons (Fsp3) is 1.00. The molecule has 1 aliphatic rings. The highest BCUT2D eigenvalue weighted by Gasteiger charge is 2.24. The summed E-state index contributed by atoms with van der Waals surface area (Å²) in [4.78, 5) is 0. The van der Waals surface area contributed by atoms with Crippen molar-refractivity contribution in [2.24, 2.45) is 11.8 Å². The van der Waals surface area contributed by atoms with Gasteiger partial charge in [-0.15, -0.1) is 0 Å². The van der Waals surface area contributed by atoms with E-state index >= 15 is 0 Å². The van der Waals surface area contributed by atoms with Gasteiger partial charge in [0.05, 0.1) is 0 Å². The fourth-order valence-corrected chi connectivity index (χ4v) is 1.88. The van der Waals surface area contributed by atoms with Crippen molar-refractivity contribution in [1.29, 1.82) is 0 Å². The SMILES string of the molecule is CN[C@@H]1CC[C@H](C(C)C)C1. The van der Waals surface area contributed by atoms with Crippen molar-refractivity contribution in [3.63, 3.8) is 0 Å². The third-order valence-electron chi connectivity index (χ3n) is 2.82. The van der Waals surface area contributed by atoms with Crippen molar-refractivity contribution in [1.82, 2.24) is 5.32 Å². The van der Waals surface area contributed by atoms with E-state index < -0.39 is 0 Å². The average molecular weight is 141 g/mol. The summed E-state index contributed by atoms with van der Waals surface area (Å²) in [5, 5.41) is 3.35. The molecule has 1 saturated carbocycles. The van der Waals surface area contributed by atoms with E-state index in [1.54, 1.807) is 0 Å². The van der Waals surface area contributed by atoms with E-state index in [1.807, 2.05) is 0 Å². The van der Waals surface area contributed by atoms with Crippen LogP contribution in [0.3, 0.4) is 0 Å². The average Bonchev–Trinajstić information content (AvgIpc) is 2.34. The number of hydrogen-bond acceptors (Lipinski definition) is 1. The van der Waals surface area contributed by atoms with Crippen molar-refractivity contribution in [2.75, 3.05) is 7.05 Å². The van der Waals surface area contributed by atoms with Gasteiger partial charge < -0.3 is 5.32 Å². The standard InChI is InChI=1S/C9H19N/c1-7(2)8-4-5-9(6-8)10-3/h7-10H,4-6H2,1-3H3/t8-,9+/m0/s1. The van der Waals surface area contributed by atoms with Crippen LogP contribution in [0.2, 0.25) is 0 Å². The van der Waals surface area contributed by atoms with Crippen LogP contribution in [0.4, 0.5) is 0 Å². The lowest BCUT2D eigenvalue weighted by atomic mass is 9.94. The second-order valence-electron chi connectivity index (χ2n) is 3.80. The van der Waals surface area contributed by atoms with Gasteiger partial charge in [0.2, 0.25) is 0 Å².